The minimum atomic E-state index is -0.0328. The topological polar surface area (TPSA) is 61.7 Å². The van der Waals surface area contributed by atoms with Gasteiger partial charge < -0.3 is 10.4 Å². The summed E-state index contributed by atoms with van der Waals surface area (Å²) in [5, 5.41) is 13.2. The second-order valence-corrected chi connectivity index (χ2v) is 5.34. The van der Waals surface area contributed by atoms with Gasteiger partial charge in [0.15, 0.2) is 5.78 Å². The highest BCUT2D eigenvalue weighted by Gasteiger charge is 2.30. The first kappa shape index (κ1) is 13.6. The monoisotopic (exact) mass is 282 g/mol. The van der Waals surface area contributed by atoms with Crippen molar-refractivity contribution in [2.45, 2.75) is 12.8 Å². The second-order valence-electron chi connectivity index (χ2n) is 5.34. The quantitative estimate of drug-likeness (QED) is 0.895. The Labute approximate surface area is 123 Å². The fourth-order valence-electron chi connectivity index (χ4n) is 2.71. The highest BCUT2D eigenvalue weighted by Crippen LogP contribution is 2.28. The fraction of sp³-hybridized carbons (Fsp3) is 0.294. The van der Waals surface area contributed by atoms with Gasteiger partial charge in [-0.1, -0.05) is 42.5 Å². The summed E-state index contributed by atoms with van der Waals surface area (Å²) in [6, 6.07) is 9.95. The van der Waals surface area contributed by atoms with Crippen molar-refractivity contribution < 1.29 is 9.90 Å². The minimum absolute atomic E-state index is 0.0328. The molecule has 3 rings (SSSR count). The molecule has 0 bridgehead atoms. The number of carbonyl (C=O) groups excluding carboxylic acids is 1. The molecule has 4 nitrogen and oxygen atoms in total. The predicted molar refractivity (Wildman–Crippen MR) is 83.2 cm³/mol. The molecule has 1 aromatic rings. The van der Waals surface area contributed by atoms with Crippen LogP contribution in [0.15, 0.2) is 52.7 Å². The molecular weight excluding hydrogens is 264 g/mol. The summed E-state index contributed by atoms with van der Waals surface area (Å²) in [7, 11) is 0. The summed E-state index contributed by atoms with van der Waals surface area (Å²) in [6.07, 6.45) is 4.92. The van der Waals surface area contributed by atoms with Gasteiger partial charge in [-0.2, -0.15) is 0 Å². The van der Waals surface area contributed by atoms with Crippen molar-refractivity contribution in [3.63, 3.8) is 0 Å². The molecule has 4 heteroatoms. The Morgan fingerprint density at radius 2 is 2.05 bits per heavy atom. The highest BCUT2D eigenvalue weighted by molar-refractivity contribution is 6.22. The van der Waals surface area contributed by atoms with Crippen LogP contribution in [0.1, 0.15) is 18.4 Å². The van der Waals surface area contributed by atoms with Crippen molar-refractivity contribution in [2.24, 2.45) is 10.9 Å². The van der Waals surface area contributed by atoms with E-state index >= 15 is 0 Å². The average molecular weight is 282 g/mol. The van der Waals surface area contributed by atoms with E-state index in [-0.39, 0.29) is 17.5 Å². The van der Waals surface area contributed by atoms with Crippen LogP contribution in [0.2, 0.25) is 0 Å². The third-order valence-electron chi connectivity index (χ3n) is 3.74. The van der Waals surface area contributed by atoms with Crippen molar-refractivity contribution in [1.82, 2.24) is 5.32 Å². The number of benzene rings is 1. The number of rotatable bonds is 3. The maximum absolute atomic E-state index is 12.2. The maximum atomic E-state index is 12.2. The van der Waals surface area contributed by atoms with Crippen molar-refractivity contribution >= 4 is 17.7 Å². The van der Waals surface area contributed by atoms with Gasteiger partial charge in [-0.3, -0.25) is 9.79 Å². The third-order valence-corrected chi connectivity index (χ3v) is 3.74. The van der Waals surface area contributed by atoms with E-state index in [9.17, 15) is 9.90 Å². The number of amidine groups is 1. The van der Waals surface area contributed by atoms with Crippen LogP contribution in [-0.2, 0) is 4.79 Å². The van der Waals surface area contributed by atoms with E-state index in [1.807, 2.05) is 42.5 Å². The van der Waals surface area contributed by atoms with Gasteiger partial charge in [0.1, 0.15) is 11.6 Å². The molecule has 1 unspecified atom stereocenters. The van der Waals surface area contributed by atoms with E-state index in [1.54, 1.807) is 0 Å². The zero-order chi connectivity index (χ0) is 14.7. The van der Waals surface area contributed by atoms with Crippen LogP contribution in [0.3, 0.4) is 0 Å². The predicted octanol–water partition coefficient (Wildman–Crippen LogP) is 2.49. The van der Waals surface area contributed by atoms with Gasteiger partial charge in [-0.15, -0.1) is 0 Å². The van der Waals surface area contributed by atoms with Crippen LogP contribution in [0, 0.1) is 5.92 Å². The van der Waals surface area contributed by atoms with Crippen molar-refractivity contribution in [3.8, 4) is 0 Å². The smallest absolute Gasteiger partial charge is 0.170 e. The Kier molecular flexibility index (Phi) is 3.86. The van der Waals surface area contributed by atoms with Crippen LogP contribution in [-0.4, -0.2) is 29.8 Å². The van der Waals surface area contributed by atoms with Gasteiger partial charge in [0.2, 0.25) is 0 Å². The third kappa shape index (κ3) is 3.05. The van der Waals surface area contributed by atoms with Crippen LogP contribution >= 0.6 is 0 Å². The zero-order valence-electron chi connectivity index (χ0n) is 11.7. The molecule has 1 aliphatic carbocycles. The number of nitrogens with one attached hydrogen (secondary N) is 1. The average Bonchev–Trinajstić information content (AvgIpc) is 2.99. The summed E-state index contributed by atoms with van der Waals surface area (Å²) in [4.78, 5) is 16.5. The van der Waals surface area contributed by atoms with Gasteiger partial charge in [0.05, 0.1) is 12.1 Å². The van der Waals surface area contributed by atoms with E-state index in [1.165, 1.54) is 0 Å². The lowest BCUT2D eigenvalue weighted by atomic mass is 9.86. The Morgan fingerprint density at radius 3 is 2.71 bits per heavy atom. The standard InChI is InChI=1S/C17H18N2O2/c20-14-10-13(7-6-12-4-2-1-3-5-12)11-15(21)16(14)17-18-8-9-19-17/h1-7,13,20H,8-11H2,(H,18,19)/b7-6+. The number of aliphatic hydroxyl groups is 1. The molecule has 1 aromatic carbocycles. The van der Waals surface area contributed by atoms with Crippen LogP contribution in [0.25, 0.3) is 6.08 Å². The fourth-order valence-corrected chi connectivity index (χ4v) is 2.71. The molecule has 1 atom stereocenters. The Balaban J connectivity index is 1.74. The van der Waals surface area contributed by atoms with Crippen molar-refractivity contribution in [2.75, 3.05) is 13.1 Å². The van der Waals surface area contributed by atoms with Crippen molar-refractivity contribution in [3.05, 3.63) is 53.3 Å². The van der Waals surface area contributed by atoms with E-state index in [4.69, 9.17) is 0 Å². The molecule has 2 N–H and O–H groups in total. The second kappa shape index (κ2) is 5.95. The van der Waals surface area contributed by atoms with Crippen molar-refractivity contribution in [1.29, 1.82) is 0 Å². The first-order valence-corrected chi connectivity index (χ1v) is 7.21. The number of Topliss-reactive ketones (excluding diaryl/α,β-unsaturated/α-hetero) is 1. The summed E-state index contributed by atoms with van der Waals surface area (Å²) in [5.41, 5.74) is 1.48. The molecule has 0 aromatic heterocycles. The first-order chi connectivity index (χ1) is 10.2. The Hall–Kier alpha value is -2.36. The van der Waals surface area contributed by atoms with Gasteiger partial charge >= 0.3 is 0 Å². The number of hydrogen-bond acceptors (Lipinski definition) is 4. The summed E-state index contributed by atoms with van der Waals surface area (Å²) in [6.45, 7) is 1.40. The van der Waals surface area contributed by atoms with E-state index in [2.05, 4.69) is 10.3 Å². The van der Waals surface area contributed by atoms with Crippen LogP contribution in [0.5, 0.6) is 0 Å². The zero-order valence-corrected chi connectivity index (χ0v) is 11.7. The summed E-state index contributed by atoms with van der Waals surface area (Å²) < 4.78 is 0. The molecular formula is C17H18N2O2. The normalized spacial score (nSPS) is 22.6. The summed E-state index contributed by atoms with van der Waals surface area (Å²) in [5.74, 6) is 0.725. The van der Waals surface area contributed by atoms with Crippen LogP contribution < -0.4 is 5.32 Å². The van der Waals surface area contributed by atoms with E-state index in [0.717, 1.165) is 12.1 Å². The molecule has 0 saturated carbocycles. The number of hydrogen-bond donors (Lipinski definition) is 2. The minimum Gasteiger partial charge on any atom is -0.511 e. The SMILES string of the molecule is O=C1CC(/C=C/c2ccccc2)CC(O)=C1C1=NCCN1. The lowest BCUT2D eigenvalue weighted by Crippen LogP contribution is -2.30. The lowest BCUT2D eigenvalue weighted by Gasteiger charge is -2.21. The largest absolute Gasteiger partial charge is 0.511 e. The van der Waals surface area contributed by atoms with Gasteiger partial charge in [0, 0.05) is 19.4 Å². The molecule has 0 amide bonds. The number of nitrogens with zero attached hydrogens (tertiary/aromatic N) is 1. The van der Waals surface area contributed by atoms with Gasteiger partial charge in [-0.05, 0) is 11.5 Å². The summed E-state index contributed by atoms with van der Waals surface area (Å²) >= 11 is 0. The molecule has 1 heterocycles. The number of aliphatic imine (C=N–C) groups is 1. The molecule has 108 valence electrons. The van der Waals surface area contributed by atoms with E-state index < -0.39 is 0 Å². The van der Waals surface area contributed by atoms with Crippen LogP contribution in [0.4, 0.5) is 0 Å². The Morgan fingerprint density at radius 1 is 1.24 bits per heavy atom. The molecule has 2 aliphatic rings. The molecule has 21 heavy (non-hydrogen) atoms. The lowest BCUT2D eigenvalue weighted by molar-refractivity contribution is -0.116. The Bertz CT molecular complexity index is 629. The number of allylic oxidation sites excluding steroid dienone is 2. The number of carbonyl (C=O) groups is 1. The van der Waals surface area contributed by atoms with Gasteiger partial charge in [0.25, 0.3) is 0 Å². The molecule has 1 aliphatic heterocycles. The highest BCUT2D eigenvalue weighted by atomic mass is 16.3. The molecule has 0 radical (unpaired) electrons. The number of aliphatic hydroxyl groups excluding tert-OH is 1. The molecule has 0 spiro atoms. The number of ketones is 1. The van der Waals surface area contributed by atoms with E-state index in [0.29, 0.717) is 30.8 Å². The first-order valence-electron chi connectivity index (χ1n) is 7.21. The van der Waals surface area contributed by atoms with Gasteiger partial charge in [-0.25, -0.2) is 0 Å². The molecule has 0 fully saturated rings. The maximum Gasteiger partial charge on any atom is 0.170 e. The molecule has 0 saturated heterocycles.